The van der Waals surface area contributed by atoms with E-state index in [1.165, 1.54) is 6.42 Å². The van der Waals surface area contributed by atoms with E-state index in [0.717, 1.165) is 36.0 Å². The zero-order chi connectivity index (χ0) is 13.0. The number of carbonyl (C=O) groups is 1. The van der Waals surface area contributed by atoms with Gasteiger partial charge >= 0.3 is 0 Å². The first kappa shape index (κ1) is 16.5. The molecule has 5 heteroatoms. The summed E-state index contributed by atoms with van der Waals surface area (Å²) >= 11 is 3.40. The van der Waals surface area contributed by atoms with Gasteiger partial charge in [0.15, 0.2) is 0 Å². The van der Waals surface area contributed by atoms with Crippen molar-refractivity contribution in [3.63, 3.8) is 0 Å². The first-order valence-electron chi connectivity index (χ1n) is 6.45. The number of carbonyl (C=O) groups excluding carboxylic acids is 1. The lowest BCUT2D eigenvalue weighted by atomic mass is 9.94. The van der Waals surface area contributed by atoms with Crippen molar-refractivity contribution in [2.45, 2.75) is 19.3 Å². The molecule has 106 valence electrons. The van der Waals surface area contributed by atoms with Crippen molar-refractivity contribution in [3.8, 4) is 0 Å². The summed E-state index contributed by atoms with van der Waals surface area (Å²) in [7, 11) is 0. The third-order valence-electron chi connectivity index (χ3n) is 3.45. The van der Waals surface area contributed by atoms with Crippen molar-refractivity contribution in [1.82, 2.24) is 4.90 Å². The number of halogens is 2. The van der Waals surface area contributed by atoms with E-state index in [0.29, 0.717) is 12.5 Å². The quantitative estimate of drug-likeness (QED) is 0.913. The second-order valence-electron chi connectivity index (χ2n) is 4.85. The molecule has 2 N–H and O–H groups in total. The first-order chi connectivity index (χ1) is 8.70. The average molecular weight is 348 g/mol. The molecule has 0 spiro atoms. The second-order valence-corrected chi connectivity index (χ2v) is 5.76. The Kier molecular flexibility index (Phi) is 6.83. The molecular weight excluding hydrogens is 328 g/mol. The van der Waals surface area contributed by atoms with Gasteiger partial charge in [0.2, 0.25) is 0 Å². The van der Waals surface area contributed by atoms with Gasteiger partial charge in [0, 0.05) is 23.1 Å². The molecule has 0 saturated carbocycles. The third-order valence-corrected chi connectivity index (χ3v) is 3.95. The van der Waals surface area contributed by atoms with Crippen LogP contribution in [-0.4, -0.2) is 30.4 Å². The molecule has 1 amide bonds. The van der Waals surface area contributed by atoms with Gasteiger partial charge in [-0.1, -0.05) is 22.0 Å². The molecule has 1 atom stereocenters. The smallest absolute Gasteiger partial charge is 0.253 e. The molecule has 0 radical (unpaired) electrons. The average Bonchev–Trinajstić information content (AvgIpc) is 2.39. The maximum absolute atomic E-state index is 12.4. The number of piperidine rings is 1. The van der Waals surface area contributed by atoms with Crippen molar-refractivity contribution < 1.29 is 4.79 Å². The van der Waals surface area contributed by atoms with Gasteiger partial charge in [-0.15, -0.1) is 12.4 Å². The minimum Gasteiger partial charge on any atom is -0.338 e. The Balaban J connectivity index is 0.00000180. The van der Waals surface area contributed by atoms with Crippen molar-refractivity contribution in [2.75, 3.05) is 19.6 Å². The minimum absolute atomic E-state index is 0. The summed E-state index contributed by atoms with van der Waals surface area (Å²) in [4.78, 5) is 14.3. The van der Waals surface area contributed by atoms with Gasteiger partial charge in [0.05, 0.1) is 0 Å². The van der Waals surface area contributed by atoms with Crippen LogP contribution in [0.15, 0.2) is 28.7 Å². The Morgan fingerprint density at radius 2 is 2.26 bits per heavy atom. The van der Waals surface area contributed by atoms with Crippen LogP contribution in [0.3, 0.4) is 0 Å². The Morgan fingerprint density at radius 3 is 2.95 bits per heavy atom. The van der Waals surface area contributed by atoms with E-state index in [4.69, 9.17) is 5.73 Å². The zero-order valence-electron chi connectivity index (χ0n) is 10.8. The maximum atomic E-state index is 12.4. The SMILES string of the molecule is Cl.NCCC1CCCN(C(=O)c2cccc(Br)c2)C1. The van der Waals surface area contributed by atoms with E-state index in [9.17, 15) is 4.79 Å². The molecule has 1 fully saturated rings. The van der Waals surface area contributed by atoms with Crippen LogP contribution >= 0.6 is 28.3 Å². The molecule has 1 unspecified atom stereocenters. The van der Waals surface area contributed by atoms with Gasteiger partial charge in [-0.2, -0.15) is 0 Å². The van der Waals surface area contributed by atoms with Crippen LogP contribution in [0.2, 0.25) is 0 Å². The molecule has 0 bridgehead atoms. The van der Waals surface area contributed by atoms with E-state index < -0.39 is 0 Å². The normalized spacial score (nSPS) is 18.8. The summed E-state index contributed by atoms with van der Waals surface area (Å²) in [6.07, 6.45) is 3.30. The first-order valence-corrected chi connectivity index (χ1v) is 7.25. The summed E-state index contributed by atoms with van der Waals surface area (Å²) in [6.45, 7) is 2.43. The number of amides is 1. The van der Waals surface area contributed by atoms with Crippen LogP contribution < -0.4 is 5.73 Å². The number of hydrogen-bond donors (Lipinski definition) is 1. The van der Waals surface area contributed by atoms with Gasteiger partial charge in [-0.05, 0) is 49.9 Å². The highest BCUT2D eigenvalue weighted by atomic mass is 79.9. The standard InChI is InChI=1S/C14H19BrN2O.ClH/c15-13-5-1-4-12(9-13)14(18)17-8-2-3-11(10-17)6-7-16;/h1,4-5,9,11H,2-3,6-8,10,16H2;1H. The number of rotatable bonds is 3. The van der Waals surface area contributed by atoms with E-state index in [1.54, 1.807) is 0 Å². The molecule has 1 heterocycles. The second kappa shape index (κ2) is 7.88. The van der Waals surface area contributed by atoms with Crippen LogP contribution in [-0.2, 0) is 0 Å². The minimum atomic E-state index is 0. The summed E-state index contributed by atoms with van der Waals surface area (Å²) in [5.41, 5.74) is 6.36. The molecule has 0 aliphatic carbocycles. The summed E-state index contributed by atoms with van der Waals surface area (Å²) < 4.78 is 0.948. The number of benzene rings is 1. The van der Waals surface area contributed by atoms with Crippen LogP contribution in [0, 0.1) is 5.92 Å². The Bertz CT molecular complexity index is 426. The lowest BCUT2D eigenvalue weighted by molar-refractivity contribution is 0.0669. The highest BCUT2D eigenvalue weighted by Crippen LogP contribution is 2.21. The maximum Gasteiger partial charge on any atom is 0.253 e. The van der Waals surface area contributed by atoms with Crippen molar-refractivity contribution in [3.05, 3.63) is 34.3 Å². The van der Waals surface area contributed by atoms with Crippen molar-refractivity contribution in [1.29, 1.82) is 0 Å². The van der Waals surface area contributed by atoms with Crippen LogP contribution in [0.4, 0.5) is 0 Å². The predicted molar refractivity (Wildman–Crippen MR) is 83.7 cm³/mol. The number of nitrogens with two attached hydrogens (primary N) is 1. The van der Waals surface area contributed by atoms with E-state index in [1.807, 2.05) is 29.2 Å². The molecule has 1 aliphatic heterocycles. The van der Waals surface area contributed by atoms with Crippen molar-refractivity contribution >= 4 is 34.2 Å². The van der Waals surface area contributed by atoms with E-state index in [-0.39, 0.29) is 18.3 Å². The Morgan fingerprint density at radius 1 is 1.47 bits per heavy atom. The Hall–Kier alpha value is -0.580. The highest BCUT2D eigenvalue weighted by Gasteiger charge is 2.23. The number of nitrogens with zero attached hydrogens (tertiary/aromatic N) is 1. The molecule has 3 nitrogen and oxygen atoms in total. The largest absolute Gasteiger partial charge is 0.338 e. The van der Waals surface area contributed by atoms with Gasteiger partial charge < -0.3 is 10.6 Å². The molecule has 19 heavy (non-hydrogen) atoms. The fourth-order valence-electron chi connectivity index (χ4n) is 2.52. The molecule has 0 aromatic heterocycles. The van der Waals surface area contributed by atoms with E-state index >= 15 is 0 Å². The topological polar surface area (TPSA) is 46.3 Å². The predicted octanol–water partition coefficient (Wildman–Crippen LogP) is 3.07. The van der Waals surface area contributed by atoms with Gasteiger partial charge in [-0.3, -0.25) is 4.79 Å². The van der Waals surface area contributed by atoms with Gasteiger partial charge in [-0.25, -0.2) is 0 Å². The summed E-state index contributed by atoms with van der Waals surface area (Å²) in [5.74, 6) is 0.706. The number of hydrogen-bond acceptors (Lipinski definition) is 2. The van der Waals surface area contributed by atoms with Crippen molar-refractivity contribution in [2.24, 2.45) is 11.7 Å². The Labute approximate surface area is 129 Å². The number of likely N-dealkylation sites (tertiary alicyclic amines) is 1. The monoisotopic (exact) mass is 346 g/mol. The lowest BCUT2D eigenvalue weighted by Gasteiger charge is -2.32. The lowest BCUT2D eigenvalue weighted by Crippen LogP contribution is -2.40. The van der Waals surface area contributed by atoms with Crippen LogP contribution in [0.25, 0.3) is 0 Å². The molecule has 1 saturated heterocycles. The fourth-order valence-corrected chi connectivity index (χ4v) is 2.92. The molecule has 1 aromatic carbocycles. The van der Waals surface area contributed by atoms with Crippen LogP contribution in [0.5, 0.6) is 0 Å². The molecular formula is C14H20BrClN2O. The fraction of sp³-hybridized carbons (Fsp3) is 0.500. The molecule has 1 aromatic rings. The molecule has 1 aliphatic rings. The zero-order valence-corrected chi connectivity index (χ0v) is 13.3. The van der Waals surface area contributed by atoms with Gasteiger partial charge in [0.1, 0.15) is 0 Å². The van der Waals surface area contributed by atoms with Crippen LogP contribution in [0.1, 0.15) is 29.6 Å². The van der Waals surface area contributed by atoms with Gasteiger partial charge in [0.25, 0.3) is 5.91 Å². The van der Waals surface area contributed by atoms with E-state index in [2.05, 4.69) is 15.9 Å². The summed E-state index contributed by atoms with van der Waals surface area (Å²) in [5, 5.41) is 0. The molecule has 2 rings (SSSR count). The summed E-state index contributed by atoms with van der Waals surface area (Å²) in [6, 6.07) is 7.59. The highest BCUT2D eigenvalue weighted by molar-refractivity contribution is 9.10. The third kappa shape index (κ3) is 4.48.